The van der Waals surface area contributed by atoms with Gasteiger partial charge in [-0.2, -0.15) is 0 Å². The Bertz CT molecular complexity index is 1000. The Balaban J connectivity index is 2.05. The van der Waals surface area contributed by atoms with E-state index in [9.17, 15) is 9.59 Å². The monoisotopic (exact) mass is 438 g/mol. The summed E-state index contributed by atoms with van der Waals surface area (Å²) in [6.45, 7) is 4.45. The number of hydrogen-bond acceptors (Lipinski definition) is 6. The lowest BCUT2D eigenvalue weighted by atomic mass is 10.0. The number of aryl methyl sites for hydroxylation is 1. The second-order valence-electron chi connectivity index (χ2n) is 7.62. The van der Waals surface area contributed by atoms with Gasteiger partial charge in [0.25, 0.3) is 11.8 Å². The number of anilines is 1. The quantitative estimate of drug-likeness (QED) is 0.438. The van der Waals surface area contributed by atoms with E-state index in [4.69, 9.17) is 14.2 Å². The molecule has 170 valence electrons. The Morgan fingerprint density at radius 2 is 1.50 bits per heavy atom. The zero-order valence-corrected chi connectivity index (χ0v) is 19.3. The van der Waals surface area contributed by atoms with Gasteiger partial charge in [-0.15, -0.1) is 0 Å². The number of imide groups is 1. The summed E-state index contributed by atoms with van der Waals surface area (Å²) in [7, 11) is 4.58. The summed E-state index contributed by atoms with van der Waals surface area (Å²) >= 11 is 0. The number of amides is 2. The van der Waals surface area contributed by atoms with Crippen LogP contribution >= 0.6 is 0 Å². The van der Waals surface area contributed by atoms with E-state index in [-0.39, 0.29) is 17.5 Å². The fourth-order valence-corrected chi connectivity index (χ4v) is 3.70. The highest BCUT2D eigenvalue weighted by Crippen LogP contribution is 2.41. The van der Waals surface area contributed by atoms with Crippen molar-refractivity contribution in [3.63, 3.8) is 0 Å². The number of rotatable bonds is 10. The van der Waals surface area contributed by atoms with Gasteiger partial charge in [-0.05, 0) is 18.9 Å². The van der Waals surface area contributed by atoms with E-state index in [0.717, 1.165) is 24.8 Å². The summed E-state index contributed by atoms with van der Waals surface area (Å²) in [6, 6.07) is 11.0. The number of methoxy groups -OCH3 is 3. The fourth-order valence-electron chi connectivity index (χ4n) is 3.70. The molecule has 2 aromatic carbocycles. The van der Waals surface area contributed by atoms with Gasteiger partial charge in [-0.1, -0.05) is 49.6 Å². The molecule has 0 saturated carbocycles. The molecule has 0 spiro atoms. The van der Waals surface area contributed by atoms with Crippen molar-refractivity contribution in [2.24, 2.45) is 0 Å². The second kappa shape index (κ2) is 10.2. The molecule has 0 aliphatic carbocycles. The summed E-state index contributed by atoms with van der Waals surface area (Å²) < 4.78 is 16.2. The fraction of sp³-hybridized carbons (Fsp3) is 0.360. The number of benzene rings is 2. The topological polar surface area (TPSA) is 77.1 Å². The third-order valence-corrected chi connectivity index (χ3v) is 5.43. The molecule has 1 heterocycles. The van der Waals surface area contributed by atoms with Crippen LogP contribution in [0.3, 0.4) is 0 Å². The molecule has 1 aliphatic rings. The number of nitrogens with one attached hydrogen (secondary N) is 1. The van der Waals surface area contributed by atoms with Gasteiger partial charge in [0.1, 0.15) is 5.70 Å². The third-order valence-electron chi connectivity index (χ3n) is 5.43. The smallest absolute Gasteiger partial charge is 0.278 e. The van der Waals surface area contributed by atoms with E-state index in [0.29, 0.717) is 40.6 Å². The molecule has 1 aliphatic heterocycles. The van der Waals surface area contributed by atoms with Crippen LogP contribution in [0.25, 0.3) is 5.57 Å². The van der Waals surface area contributed by atoms with E-state index < -0.39 is 0 Å². The molecule has 7 heteroatoms. The molecule has 0 radical (unpaired) electrons. The lowest BCUT2D eigenvalue weighted by Crippen LogP contribution is -2.33. The average molecular weight is 439 g/mol. The predicted molar refractivity (Wildman–Crippen MR) is 124 cm³/mol. The van der Waals surface area contributed by atoms with Crippen molar-refractivity contribution in [3.05, 3.63) is 53.2 Å². The average Bonchev–Trinajstić information content (AvgIpc) is 3.03. The summed E-state index contributed by atoms with van der Waals surface area (Å²) in [5.41, 5.74) is 2.92. The highest BCUT2D eigenvalue weighted by Gasteiger charge is 2.39. The lowest BCUT2D eigenvalue weighted by molar-refractivity contribution is -0.136. The first-order chi connectivity index (χ1) is 15.4. The van der Waals surface area contributed by atoms with Crippen LogP contribution in [0.1, 0.15) is 37.3 Å². The van der Waals surface area contributed by atoms with Crippen LogP contribution in [0.15, 0.2) is 42.1 Å². The van der Waals surface area contributed by atoms with Crippen LogP contribution in [-0.2, 0) is 9.59 Å². The number of carbonyl (C=O) groups is 2. The molecule has 0 unspecified atom stereocenters. The van der Waals surface area contributed by atoms with E-state index >= 15 is 0 Å². The highest BCUT2D eigenvalue weighted by molar-refractivity contribution is 6.36. The van der Waals surface area contributed by atoms with Crippen molar-refractivity contribution in [1.82, 2.24) is 4.90 Å². The zero-order valence-electron chi connectivity index (χ0n) is 19.3. The molecular formula is C25H30N2O5. The number of ether oxygens (including phenoxy) is 3. The standard InChI is InChI=1S/C25H30N2O5/c1-6-7-8-13-27-24(28)21(17-11-9-16(2)10-12-17)22(25(27)29)26-18-14-19(30-3)23(32-5)20(15-18)31-4/h9-12,14-15,26H,6-8,13H2,1-5H3. The van der Waals surface area contributed by atoms with Crippen molar-refractivity contribution in [1.29, 1.82) is 0 Å². The Labute approximate surface area is 189 Å². The number of unbranched alkanes of at least 4 members (excludes halogenated alkanes) is 2. The van der Waals surface area contributed by atoms with Crippen molar-refractivity contribution < 1.29 is 23.8 Å². The highest BCUT2D eigenvalue weighted by atomic mass is 16.5. The second-order valence-corrected chi connectivity index (χ2v) is 7.62. The number of hydrogen-bond donors (Lipinski definition) is 1. The Kier molecular flexibility index (Phi) is 7.41. The maximum absolute atomic E-state index is 13.3. The maximum Gasteiger partial charge on any atom is 0.278 e. The Hall–Kier alpha value is -3.48. The van der Waals surface area contributed by atoms with Gasteiger partial charge in [-0.3, -0.25) is 14.5 Å². The minimum absolute atomic E-state index is 0.240. The molecule has 0 saturated heterocycles. The number of carbonyl (C=O) groups excluding carboxylic acids is 2. The SMILES string of the molecule is CCCCCN1C(=O)C(Nc2cc(OC)c(OC)c(OC)c2)=C(c2ccc(C)cc2)C1=O. The van der Waals surface area contributed by atoms with Crippen LogP contribution in [0.5, 0.6) is 17.2 Å². The van der Waals surface area contributed by atoms with Gasteiger partial charge in [0, 0.05) is 24.4 Å². The number of nitrogens with zero attached hydrogens (tertiary/aromatic N) is 1. The Morgan fingerprint density at radius 3 is 2.03 bits per heavy atom. The van der Waals surface area contributed by atoms with Crippen molar-refractivity contribution in [2.75, 3.05) is 33.2 Å². The molecule has 7 nitrogen and oxygen atoms in total. The molecule has 0 aromatic heterocycles. The van der Waals surface area contributed by atoms with Crippen LogP contribution in [0.2, 0.25) is 0 Å². The van der Waals surface area contributed by atoms with Gasteiger partial charge in [0.2, 0.25) is 5.75 Å². The van der Waals surface area contributed by atoms with Crippen LogP contribution in [0.4, 0.5) is 5.69 Å². The third kappa shape index (κ3) is 4.56. The van der Waals surface area contributed by atoms with Crippen LogP contribution < -0.4 is 19.5 Å². The molecule has 0 bridgehead atoms. The molecule has 2 aromatic rings. The van der Waals surface area contributed by atoms with Gasteiger partial charge < -0.3 is 19.5 Å². The molecule has 0 fully saturated rings. The van der Waals surface area contributed by atoms with Crippen LogP contribution in [0, 0.1) is 6.92 Å². The Morgan fingerprint density at radius 1 is 0.875 bits per heavy atom. The molecule has 2 amide bonds. The molecular weight excluding hydrogens is 408 g/mol. The summed E-state index contributed by atoms with van der Waals surface area (Å²) in [6.07, 6.45) is 2.73. The van der Waals surface area contributed by atoms with Crippen molar-refractivity contribution in [2.45, 2.75) is 33.1 Å². The normalized spacial score (nSPS) is 13.6. The largest absolute Gasteiger partial charge is 0.493 e. The first kappa shape index (κ1) is 23.2. The molecule has 32 heavy (non-hydrogen) atoms. The van der Waals surface area contributed by atoms with Gasteiger partial charge in [0.15, 0.2) is 11.5 Å². The summed E-state index contributed by atoms with van der Waals surface area (Å²) in [4.78, 5) is 27.9. The summed E-state index contributed by atoms with van der Waals surface area (Å²) in [5, 5.41) is 3.16. The molecule has 3 rings (SSSR count). The van der Waals surface area contributed by atoms with E-state index in [1.54, 1.807) is 12.1 Å². The molecule has 1 N–H and O–H groups in total. The summed E-state index contributed by atoms with van der Waals surface area (Å²) in [5.74, 6) is 0.718. The van der Waals surface area contributed by atoms with Crippen molar-refractivity contribution >= 4 is 23.1 Å². The maximum atomic E-state index is 13.3. The minimum Gasteiger partial charge on any atom is -0.493 e. The molecule has 0 atom stereocenters. The van der Waals surface area contributed by atoms with Gasteiger partial charge >= 0.3 is 0 Å². The van der Waals surface area contributed by atoms with Gasteiger partial charge in [0.05, 0.1) is 26.9 Å². The first-order valence-electron chi connectivity index (χ1n) is 10.7. The minimum atomic E-state index is -0.338. The lowest BCUT2D eigenvalue weighted by Gasteiger charge is -2.16. The first-order valence-corrected chi connectivity index (χ1v) is 10.7. The van der Waals surface area contributed by atoms with E-state index in [1.807, 2.05) is 31.2 Å². The zero-order chi connectivity index (χ0) is 23.3. The van der Waals surface area contributed by atoms with E-state index in [1.165, 1.54) is 26.2 Å². The van der Waals surface area contributed by atoms with Crippen LogP contribution in [-0.4, -0.2) is 44.6 Å². The van der Waals surface area contributed by atoms with Crippen molar-refractivity contribution in [3.8, 4) is 17.2 Å². The van der Waals surface area contributed by atoms with Gasteiger partial charge in [-0.25, -0.2) is 0 Å². The predicted octanol–water partition coefficient (Wildman–Crippen LogP) is 4.40. The van der Waals surface area contributed by atoms with E-state index in [2.05, 4.69) is 12.2 Å².